The lowest BCUT2D eigenvalue weighted by Crippen LogP contribution is -2.45. The Labute approximate surface area is 180 Å². The molecule has 2 aromatic rings. The van der Waals surface area contributed by atoms with Gasteiger partial charge in [-0.05, 0) is 32.0 Å². The maximum absolute atomic E-state index is 12.5. The van der Waals surface area contributed by atoms with Crippen LogP contribution in [0.25, 0.3) is 5.65 Å². The average Bonchev–Trinajstić information content (AvgIpc) is 3.39. The summed E-state index contributed by atoms with van der Waals surface area (Å²) in [4.78, 5) is 41.7. The van der Waals surface area contributed by atoms with Crippen LogP contribution in [0, 0.1) is 0 Å². The van der Waals surface area contributed by atoms with Crippen LogP contribution in [0.15, 0.2) is 30.7 Å². The van der Waals surface area contributed by atoms with E-state index in [9.17, 15) is 9.59 Å². The summed E-state index contributed by atoms with van der Waals surface area (Å²) in [5, 5.41) is 9.93. The first kappa shape index (κ1) is 22.7. The van der Waals surface area contributed by atoms with Gasteiger partial charge in [0.25, 0.3) is 12.4 Å². The van der Waals surface area contributed by atoms with Crippen LogP contribution in [0.1, 0.15) is 29.6 Å². The molecule has 31 heavy (non-hydrogen) atoms. The monoisotopic (exact) mass is 431 g/mol. The highest BCUT2D eigenvalue weighted by Crippen LogP contribution is 2.25. The minimum absolute atomic E-state index is 0.0863. The second-order valence-corrected chi connectivity index (χ2v) is 7.67. The van der Waals surface area contributed by atoms with Crippen molar-refractivity contribution >= 4 is 23.9 Å². The van der Waals surface area contributed by atoms with Crippen molar-refractivity contribution in [3.8, 4) is 0 Å². The van der Waals surface area contributed by atoms with Gasteiger partial charge >= 0.3 is 0 Å². The number of imidazole rings is 1. The molecule has 2 saturated heterocycles. The molecule has 0 radical (unpaired) electrons. The summed E-state index contributed by atoms with van der Waals surface area (Å²) in [5.41, 5.74) is 1.44. The summed E-state index contributed by atoms with van der Waals surface area (Å²) in [5.74, 6) is 0.121. The SMILES string of the molecule is CN1[C@@H](CC(=O)N2CCOCC2)CC[C@H]1CNC(=O)c1ccc2nccn2c1.O=CO. The number of likely N-dealkylation sites (tertiary alicyclic amines) is 1. The Morgan fingerprint density at radius 1 is 1.26 bits per heavy atom. The van der Waals surface area contributed by atoms with Crippen LogP contribution >= 0.6 is 0 Å². The zero-order valence-corrected chi connectivity index (χ0v) is 17.6. The zero-order chi connectivity index (χ0) is 22.2. The first-order chi connectivity index (χ1) is 15.0. The lowest BCUT2D eigenvalue weighted by atomic mass is 10.1. The van der Waals surface area contributed by atoms with E-state index in [4.69, 9.17) is 14.6 Å². The van der Waals surface area contributed by atoms with Crippen LogP contribution in [0.5, 0.6) is 0 Å². The molecule has 0 spiro atoms. The number of amides is 2. The van der Waals surface area contributed by atoms with Gasteiger partial charge in [-0.25, -0.2) is 4.98 Å². The lowest BCUT2D eigenvalue weighted by Gasteiger charge is -2.30. The Morgan fingerprint density at radius 3 is 2.71 bits per heavy atom. The van der Waals surface area contributed by atoms with E-state index in [0.717, 1.165) is 18.5 Å². The van der Waals surface area contributed by atoms with Gasteiger partial charge < -0.3 is 24.5 Å². The van der Waals surface area contributed by atoms with Crippen molar-refractivity contribution in [1.82, 2.24) is 24.5 Å². The highest BCUT2D eigenvalue weighted by Gasteiger charge is 2.33. The molecule has 0 aromatic carbocycles. The second kappa shape index (κ2) is 10.9. The Hall–Kier alpha value is -2.98. The number of hydrogen-bond acceptors (Lipinski definition) is 6. The van der Waals surface area contributed by atoms with E-state index in [1.165, 1.54) is 0 Å². The molecular weight excluding hydrogens is 402 g/mol. The molecule has 2 amide bonds. The third-order valence-electron chi connectivity index (χ3n) is 5.91. The molecule has 10 nitrogen and oxygen atoms in total. The molecule has 4 rings (SSSR count). The summed E-state index contributed by atoms with van der Waals surface area (Å²) in [6, 6.07) is 4.12. The molecule has 0 bridgehead atoms. The van der Waals surface area contributed by atoms with Crippen molar-refractivity contribution in [2.45, 2.75) is 31.3 Å². The Kier molecular flexibility index (Phi) is 7.96. The number of ether oxygens (including phenoxy) is 1. The van der Waals surface area contributed by atoms with Crippen LogP contribution < -0.4 is 5.32 Å². The molecule has 2 atom stereocenters. The largest absolute Gasteiger partial charge is 0.483 e. The summed E-state index contributed by atoms with van der Waals surface area (Å²) in [6.07, 6.45) is 7.83. The maximum atomic E-state index is 12.5. The molecule has 2 aromatic heterocycles. The first-order valence-electron chi connectivity index (χ1n) is 10.4. The number of likely N-dealkylation sites (N-methyl/N-ethyl adjacent to an activating group) is 1. The lowest BCUT2D eigenvalue weighted by molar-refractivity contribution is -0.136. The van der Waals surface area contributed by atoms with Crippen molar-refractivity contribution < 1.29 is 24.2 Å². The number of hydrogen-bond donors (Lipinski definition) is 2. The predicted octanol–water partition coefficient (Wildman–Crippen LogP) is 0.477. The van der Waals surface area contributed by atoms with Crippen molar-refractivity contribution in [3.05, 3.63) is 36.3 Å². The van der Waals surface area contributed by atoms with Crippen LogP contribution in [0.3, 0.4) is 0 Å². The van der Waals surface area contributed by atoms with E-state index in [2.05, 4.69) is 22.2 Å². The molecule has 4 heterocycles. The fourth-order valence-corrected chi connectivity index (χ4v) is 4.09. The van der Waals surface area contributed by atoms with Gasteiger partial charge in [-0.1, -0.05) is 0 Å². The summed E-state index contributed by atoms with van der Waals surface area (Å²) < 4.78 is 7.16. The van der Waals surface area contributed by atoms with E-state index in [1.807, 2.05) is 21.6 Å². The summed E-state index contributed by atoms with van der Waals surface area (Å²) in [6.45, 7) is 2.98. The van der Waals surface area contributed by atoms with E-state index >= 15 is 0 Å². The highest BCUT2D eigenvalue weighted by molar-refractivity contribution is 5.94. The molecule has 0 unspecified atom stereocenters. The molecule has 10 heteroatoms. The van der Waals surface area contributed by atoms with Gasteiger partial charge in [0.1, 0.15) is 5.65 Å². The van der Waals surface area contributed by atoms with E-state index in [0.29, 0.717) is 44.8 Å². The predicted molar refractivity (Wildman–Crippen MR) is 113 cm³/mol. The van der Waals surface area contributed by atoms with Crippen LogP contribution in [-0.2, 0) is 14.3 Å². The van der Waals surface area contributed by atoms with E-state index < -0.39 is 0 Å². The molecule has 2 N–H and O–H groups in total. The number of pyridine rings is 1. The summed E-state index contributed by atoms with van der Waals surface area (Å²) in [7, 11) is 2.05. The molecule has 168 valence electrons. The number of nitrogens with one attached hydrogen (secondary N) is 1. The number of rotatable bonds is 5. The van der Waals surface area contributed by atoms with Crippen LogP contribution in [0.4, 0.5) is 0 Å². The number of morpholine rings is 1. The third kappa shape index (κ3) is 5.80. The maximum Gasteiger partial charge on any atom is 0.290 e. The minimum atomic E-state index is -0.250. The summed E-state index contributed by atoms with van der Waals surface area (Å²) >= 11 is 0. The minimum Gasteiger partial charge on any atom is -0.483 e. The molecule has 2 aliphatic rings. The van der Waals surface area contributed by atoms with Crippen LogP contribution in [0.2, 0.25) is 0 Å². The number of carbonyl (C=O) groups excluding carboxylic acids is 2. The van der Waals surface area contributed by atoms with E-state index in [1.54, 1.807) is 18.5 Å². The van der Waals surface area contributed by atoms with Gasteiger partial charge in [0.15, 0.2) is 0 Å². The van der Waals surface area contributed by atoms with Gasteiger partial charge in [-0.2, -0.15) is 0 Å². The second-order valence-electron chi connectivity index (χ2n) is 7.67. The van der Waals surface area contributed by atoms with E-state index in [-0.39, 0.29) is 30.4 Å². The Morgan fingerprint density at radius 2 is 1.97 bits per heavy atom. The molecular formula is C21H29N5O5. The Balaban J connectivity index is 0.000000858. The smallest absolute Gasteiger partial charge is 0.290 e. The molecule has 2 fully saturated rings. The molecule has 2 aliphatic heterocycles. The number of aromatic nitrogens is 2. The normalized spacial score (nSPS) is 21.4. The van der Waals surface area contributed by atoms with Gasteiger partial charge in [-0.15, -0.1) is 0 Å². The van der Waals surface area contributed by atoms with Crippen molar-refractivity contribution in [2.24, 2.45) is 0 Å². The zero-order valence-electron chi connectivity index (χ0n) is 17.6. The number of carbonyl (C=O) groups is 3. The van der Waals surface area contributed by atoms with Gasteiger partial charge in [0, 0.05) is 56.7 Å². The first-order valence-corrected chi connectivity index (χ1v) is 10.4. The van der Waals surface area contributed by atoms with Crippen LogP contribution in [-0.4, -0.2) is 94.6 Å². The average molecular weight is 431 g/mol. The highest BCUT2D eigenvalue weighted by atomic mass is 16.5. The Bertz CT molecular complexity index is 895. The topological polar surface area (TPSA) is 116 Å². The standard InChI is InChI=1S/C20H27N5O3.CH2O2/c1-23-16(12-19(26)24-8-10-28-11-9-24)3-4-17(23)13-22-20(27)15-2-5-18-21-6-7-25(18)14-15;2-1-3/h2,5-7,14,16-17H,3-4,8-13H2,1H3,(H,22,27);1H,(H,2,3)/t16-,17+;/m1./s1. The molecule has 0 aliphatic carbocycles. The fourth-order valence-electron chi connectivity index (χ4n) is 4.09. The van der Waals surface area contributed by atoms with Gasteiger partial charge in [0.05, 0.1) is 18.8 Å². The number of nitrogens with zero attached hydrogens (tertiary/aromatic N) is 4. The number of carboxylic acid groups (broad SMARTS) is 1. The van der Waals surface area contributed by atoms with Gasteiger partial charge in [-0.3, -0.25) is 19.3 Å². The third-order valence-corrected chi connectivity index (χ3v) is 5.91. The van der Waals surface area contributed by atoms with Gasteiger partial charge in [0.2, 0.25) is 5.91 Å². The van der Waals surface area contributed by atoms with Crippen molar-refractivity contribution in [3.63, 3.8) is 0 Å². The van der Waals surface area contributed by atoms with Crippen molar-refractivity contribution in [2.75, 3.05) is 39.9 Å². The molecule has 0 saturated carbocycles. The fraction of sp³-hybridized carbons (Fsp3) is 0.524. The number of fused-ring (bicyclic) bond motifs is 1. The quantitative estimate of drug-likeness (QED) is 0.661. The van der Waals surface area contributed by atoms with Crippen molar-refractivity contribution in [1.29, 1.82) is 0 Å².